The van der Waals surface area contributed by atoms with Crippen molar-refractivity contribution in [3.05, 3.63) is 65.7 Å². The summed E-state index contributed by atoms with van der Waals surface area (Å²) in [6, 6.07) is 14.5. The van der Waals surface area contributed by atoms with Gasteiger partial charge in [-0.1, -0.05) is 49.6 Å². The lowest BCUT2D eigenvalue weighted by molar-refractivity contribution is -0.137. The molecule has 2 aromatic carbocycles. The predicted molar refractivity (Wildman–Crippen MR) is 119 cm³/mol. The number of benzene rings is 2. The van der Waals surface area contributed by atoms with Gasteiger partial charge in [0.25, 0.3) is 0 Å². The summed E-state index contributed by atoms with van der Waals surface area (Å²) in [6.45, 7) is 0.628. The highest BCUT2D eigenvalue weighted by Crippen LogP contribution is 2.31. The third kappa shape index (κ3) is 7.01. The fraction of sp³-hybridized carbons (Fsp3) is 0.458. The first-order chi connectivity index (χ1) is 14.8. The lowest BCUT2D eigenvalue weighted by Gasteiger charge is -2.31. The Morgan fingerprint density at radius 3 is 2.32 bits per heavy atom. The lowest BCUT2D eigenvalue weighted by Crippen LogP contribution is -2.44. The molecule has 0 bridgehead atoms. The van der Waals surface area contributed by atoms with E-state index in [1.807, 2.05) is 42.3 Å². The van der Waals surface area contributed by atoms with Crippen molar-refractivity contribution in [2.75, 3.05) is 19.3 Å². The van der Waals surface area contributed by atoms with Crippen LogP contribution in [-0.4, -0.2) is 36.2 Å². The highest BCUT2D eigenvalue weighted by Gasteiger charge is 2.32. The van der Waals surface area contributed by atoms with Crippen LogP contribution in [0.15, 0.2) is 59.5 Å². The third-order valence-corrected chi connectivity index (χ3v) is 6.64. The van der Waals surface area contributed by atoms with Crippen molar-refractivity contribution in [2.24, 2.45) is 0 Å². The van der Waals surface area contributed by atoms with Crippen LogP contribution in [0.3, 0.4) is 0 Å². The van der Waals surface area contributed by atoms with Crippen molar-refractivity contribution in [2.45, 2.75) is 55.3 Å². The third-order valence-electron chi connectivity index (χ3n) is 5.65. The zero-order chi connectivity index (χ0) is 22.3. The molecule has 31 heavy (non-hydrogen) atoms. The van der Waals surface area contributed by atoms with Crippen LogP contribution in [0.1, 0.15) is 49.3 Å². The molecule has 3 nitrogen and oxygen atoms in total. The summed E-state index contributed by atoms with van der Waals surface area (Å²) in [5, 5.41) is 3.14. The van der Waals surface area contributed by atoms with Crippen LogP contribution in [0.2, 0.25) is 0 Å². The van der Waals surface area contributed by atoms with Gasteiger partial charge < -0.3 is 5.32 Å². The number of rotatable bonds is 8. The van der Waals surface area contributed by atoms with Gasteiger partial charge in [0.1, 0.15) is 6.04 Å². The second-order valence-corrected chi connectivity index (χ2v) is 9.18. The summed E-state index contributed by atoms with van der Waals surface area (Å²) in [7, 11) is 1.86. The van der Waals surface area contributed by atoms with E-state index in [1.165, 1.54) is 18.6 Å². The number of alkyl halides is 3. The van der Waals surface area contributed by atoms with E-state index >= 15 is 0 Å². The number of nitrogens with zero attached hydrogens (tertiary/aromatic N) is 1. The van der Waals surface area contributed by atoms with Crippen LogP contribution in [-0.2, 0) is 11.0 Å². The average Bonchev–Trinajstić information content (AvgIpc) is 2.75. The van der Waals surface area contributed by atoms with Gasteiger partial charge in [0.2, 0.25) is 5.91 Å². The van der Waals surface area contributed by atoms with E-state index in [9.17, 15) is 18.0 Å². The molecule has 7 heteroatoms. The molecular weight excluding hydrogens is 421 g/mol. The van der Waals surface area contributed by atoms with Gasteiger partial charge in [0, 0.05) is 23.2 Å². The fourth-order valence-electron chi connectivity index (χ4n) is 3.94. The first-order valence-electron chi connectivity index (χ1n) is 10.7. The van der Waals surface area contributed by atoms with Crippen LogP contribution in [0.5, 0.6) is 0 Å². The molecule has 1 fully saturated rings. The Morgan fingerprint density at radius 1 is 1.06 bits per heavy atom. The molecule has 0 heterocycles. The van der Waals surface area contributed by atoms with Crippen LogP contribution in [0.25, 0.3) is 0 Å². The predicted octanol–water partition coefficient (Wildman–Crippen LogP) is 5.92. The second-order valence-electron chi connectivity index (χ2n) is 8.01. The molecule has 3 rings (SSSR count). The average molecular weight is 451 g/mol. The maximum Gasteiger partial charge on any atom is 0.416 e. The van der Waals surface area contributed by atoms with Crippen LogP contribution in [0, 0.1) is 0 Å². The van der Waals surface area contributed by atoms with Crippen molar-refractivity contribution in [1.29, 1.82) is 0 Å². The van der Waals surface area contributed by atoms with E-state index < -0.39 is 17.8 Å². The van der Waals surface area contributed by atoms with Crippen molar-refractivity contribution in [3.8, 4) is 0 Å². The normalized spacial score (nSPS) is 16.3. The minimum atomic E-state index is -4.39. The quantitative estimate of drug-likeness (QED) is 0.507. The van der Waals surface area contributed by atoms with Gasteiger partial charge in [0.15, 0.2) is 0 Å². The first-order valence-corrected chi connectivity index (χ1v) is 11.7. The molecule has 0 aliphatic heterocycles. The number of likely N-dealkylation sites (N-methyl/N-ethyl adjacent to an activating group) is 1. The van der Waals surface area contributed by atoms with E-state index in [0.717, 1.165) is 48.5 Å². The molecule has 0 radical (unpaired) electrons. The van der Waals surface area contributed by atoms with E-state index in [0.29, 0.717) is 12.1 Å². The maximum atomic E-state index is 13.2. The summed E-state index contributed by atoms with van der Waals surface area (Å²) in [4.78, 5) is 16.3. The van der Waals surface area contributed by atoms with Gasteiger partial charge in [-0.3, -0.25) is 9.69 Å². The molecule has 1 amide bonds. The van der Waals surface area contributed by atoms with Gasteiger partial charge in [-0.15, -0.1) is 11.8 Å². The largest absolute Gasteiger partial charge is 0.416 e. The fourth-order valence-corrected chi connectivity index (χ4v) is 4.91. The van der Waals surface area contributed by atoms with Gasteiger partial charge in [-0.25, -0.2) is 0 Å². The van der Waals surface area contributed by atoms with E-state index in [2.05, 4.69) is 5.32 Å². The van der Waals surface area contributed by atoms with Crippen LogP contribution >= 0.6 is 11.8 Å². The smallest absolute Gasteiger partial charge is 0.352 e. The topological polar surface area (TPSA) is 32.3 Å². The number of thioether (sulfide) groups is 1. The number of carbonyl (C=O) groups is 1. The molecule has 1 N–H and O–H groups in total. The molecular formula is C24H29F3N2OS. The zero-order valence-corrected chi connectivity index (χ0v) is 18.5. The Bertz CT molecular complexity index is 821. The van der Waals surface area contributed by atoms with Crippen LogP contribution in [0.4, 0.5) is 13.2 Å². The first kappa shape index (κ1) is 23.7. The highest BCUT2D eigenvalue weighted by atomic mass is 32.2. The van der Waals surface area contributed by atoms with Crippen molar-refractivity contribution < 1.29 is 18.0 Å². The molecule has 0 saturated heterocycles. The standard InChI is InChI=1S/C24H29F3N2OS/c1-29(16-17-31-21-10-6-3-7-11-21)22(23(30)28-20-8-4-2-5-9-20)18-12-14-19(15-13-18)24(25,26)27/h3,6-7,10-15,20,22H,2,4-5,8-9,16-17H2,1H3,(H,28,30). The number of carbonyl (C=O) groups excluding carboxylic acids is 1. The number of nitrogens with one attached hydrogen (secondary N) is 1. The number of halogens is 3. The molecule has 1 aliphatic rings. The van der Waals surface area contributed by atoms with E-state index in [-0.39, 0.29) is 11.9 Å². The summed E-state index contributed by atoms with van der Waals surface area (Å²) in [6.07, 6.45) is 0.902. The van der Waals surface area contributed by atoms with E-state index in [4.69, 9.17) is 0 Å². The minimum Gasteiger partial charge on any atom is -0.352 e. The number of hydrogen-bond donors (Lipinski definition) is 1. The van der Waals surface area contributed by atoms with Gasteiger partial charge in [-0.2, -0.15) is 13.2 Å². The Labute approximate surface area is 186 Å². The van der Waals surface area contributed by atoms with Gasteiger partial charge >= 0.3 is 6.18 Å². The monoisotopic (exact) mass is 450 g/mol. The molecule has 1 atom stereocenters. The second kappa shape index (κ2) is 11.0. The van der Waals surface area contributed by atoms with E-state index in [1.54, 1.807) is 11.8 Å². The minimum absolute atomic E-state index is 0.140. The Hall–Kier alpha value is -1.99. The van der Waals surface area contributed by atoms with Crippen molar-refractivity contribution >= 4 is 17.7 Å². The summed E-state index contributed by atoms with van der Waals surface area (Å²) in [5.74, 6) is 0.632. The highest BCUT2D eigenvalue weighted by molar-refractivity contribution is 7.99. The number of amides is 1. The van der Waals surface area contributed by atoms with Crippen LogP contribution < -0.4 is 5.32 Å². The Kier molecular flexibility index (Phi) is 8.43. The van der Waals surface area contributed by atoms with Crippen molar-refractivity contribution in [1.82, 2.24) is 10.2 Å². The number of hydrogen-bond acceptors (Lipinski definition) is 3. The Morgan fingerprint density at radius 2 is 1.71 bits per heavy atom. The molecule has 168 valence electrons. The SMILES string of the molecule is CN(CCSc1ccccc1)C(C(=O)NC1CCCCC1)c1ccc(C(F)(F)F)cc1. The maximum absolute atomic E-state index is 13.2. The summed E-state index contributed by atoms with van der Waals surface area (Å²) in [5.41, 5.74) is -0.126. The molecule has 2 aromatic rings. The summed E-state index contributed by atoms with van der Waals surface area (Å²) < 4.78 is 38.9. The molecule has 1 aliphatic carbocycles. The molecule has 1 unspecified atom stereocenters. The van der Waals surface area contributed by atoms with Crippen molar-refractivity contribution in [3.63, 3.8) is 0 Å². The molecule has 0 aromatic heterocycles. The Balaban J connectivity index is 1.71. The zero-order valence-electron chi connectivity index (χ0n) is 17.7. The van der Waals surface area contributed by atoms with Gasteiger partial charge in [0.05, 0.1) is 5.56 Å². The molecule has 0 spiro atoms. The van der Waals surface area contributed by atoms with Gasteiger partial charge in [-0.05, 0) is 49.7 Å². The molecule has 1 saturated carbocycles. The summed E-state index contributed by atoms with van der Waals surface area (Å²) >= 11 is 1.69. The lowest BCUT2D eigenvalue weighted by atomic mass is 9.94.